The van der Waals surface area contributed by atoms with Gasteiger partial charge in [0, 0.05) is 21.9 Å². The molecule has 0 bridgehead atoms. The SMILES string of the molecule is COc1nc(C2=CCN(c3ncn(Cc4ccc(C(C)(C)C)s4)c(=O)n3)CC2O)ccc1Cl. The molecule has 174 valence electrons. The van der Waals surface area contributed by atoms with Gasteiger partial charge in [-0.2, -0.15) is 4.98 Å². The number of aliphatic hydroxyl groups excluding tert-OH is 1. The highest BCUT2D eigenvalue weighted by atomic mass is 35.5. The highest BCUT2D eigenvalue weighted by molar-refractivity contribution is 7.12. The lowest BCUT2D eigenvalue weighted by molar-refractivity contribution is 0.233. The first-order chi connectivity index (χ1) is 15.7. The summed E-state index contributed by atoms with van der Waals surface area (Å²) in [6.45, 7) is 7.60. The van der Waals surface area contributed by atoms with Gasteiger partial charge in [0.15, 0.2) is 0 Å². The molecule has 0 fully saturated rings. The van der Waals surface area contributed by atoms with Crippen LogP contribution in [-0.2, 0) is 12.0 Å². The van der Waals surface area contributed by atoms with Gasteiger partial charge in [0.25, 0.3) is 0 Å². The van der Waals surface area contributed by atoms with E-state index in [0.29, 0.717) is 35.3 Å². The average molecular weight is 488 g/mol. The molecule has 0 aromatic carbocycles. The topological polar surface area (TPSA) is 93.4 Å². The first-order valence-corrected chi connectivity index (χ1v) is 11.7. The summed E-state index contributed by atoms with van der Waals surface area (Å²) >= 11 is 7.74. The molecule has 0 aliphatic carbocycles. The summed E-state index contributed by atoms with van der Waals surface area (Å²) in [6.07, 6.45) is 2.53. The van der Waals surface area contributed by atoms with E-state index in [1.807, 2.05) is 12.1 Å². The van der Waals surface area contributed by atoms with Crippen LogP contribution in [0.1, 0.15) is 36.2 Å². The zero-order valence-corrected chi connectivity index (χ0v) is 20.5. The lowest BCUT2D eigenvalue weighted by Gasteiger charge is -2.30. The maximum atomic E-state index is 12.6. The standard InChI is InChI=1S/C23H26ClN5O3S/c1-23(2,3)19-8-5-14(33-19)11-29-13-25-21(27-22(29)31)28-10-9-15(18(30)12-28)17-7-6-16(24)20(26-17)32-4/h5-9,13,18,30H,10-12H2,1-4H3. The third-order valence-electron chi connectivity index (χ3n) is 5.35. The second kappa shape index (κ2) is 9.24. The second-order valence-corrected chi connectivity index (χ2v) is 10.4. The number of nitrogens with zero attached hydrogens (tertiary/aromatic N) is 5. The molecule has 1 atom stereocenters. The van der Waals surface area contributed by atoms with Gasteiger partial charge in [-0.15, -0.1) is 11.3 Å². The summed E-state index contributed by atoms with van der Waals surface area (Å²) in [5, 5.41) is 11.1. The van der Waals surface area contributed by atoms with Gasteiger partial charge in [0.1, 0.15) is 11.3 Å². The fourth-order valence-electron chi connectivity index (χ4n) is 3.54. The molecule has 8 nitrogen and oxygen atoms in total. The molecule has 1 aliphatic heterocycles. The van der Waals surface area contributed by atoms with Crippen molar-refractivity contribution in [3.05, 3.63) is 67.6 Å². The predicted octanol–water partition coefficient (Wildman–Crippen LogP) is 3.37. The summed E-state index contributed by atoms with van der Waals surface area (Å²) in [6, 6.07) is 7.56. The second-order valence-electron chi connectivity index (χ2n) is 8.85. The van der Waals surface area contributed by atoms with Gasteiger partial charge in [-0.05, 0) is 29.7 Å². The number of hydrogen-bond acceptors (Lipinski definition) is 8. The molecule has 3 aromatic heterocycles. The van der Waals surface area contributed by atoms with Crippen LogP contribution in [0.25, 0.3) is 5.57 Å². The Morgan fingerprint density at radius 3 is 2.67 bits per heavy atom. The van der Waals surface area contributed by atoms with Crippen LogP contribution in [0.15, 0.2) is 41.5 Å². The molecule has 0 radical (unpaired) electrons. The Kier molecular flexibility index (Phi) is 6.56. The zero-order valence-electron chi connectivity index (χ0n) is 18.9. The van der Waals surface area contributed by atoms with E-state index in [0.717, 1.165) is 4.88 Å². The monoisotopic (exact) mass is 487 g/mol. The smallest absolute Gasteiger partial charge is 0.352 e. The van der Waals surface area contributed by atoms with Crippen molar-refractivity contribution < 1.29 is 9.84 Å². The Labute approximate surface area is 201 Å². The molecular formula is C23H26ClN5O3S. The van der Waals surface area contributed by atoms with Gasteiger partial charge in [0.05, 0.1) is 32.0 Å². The molecule has 1 aliphatic rings. The molecular weight excluding hydrogens is 462 g/mol. The molecule has 4 rings (SSSR count). The summed E-state index contributed by atoms with van der Waals surface area (Å²) in [7, 11) is 1.49. The number of pyridine rings is 1. The average Bonchev–Trinajstić information content (AvgIpc) is 3.25. The van der Waals surface area contributed by atoms with Gasteiger partial charge in [-0.3, -0.25) is 4.57 Å². The van der Waals surface area contributed by atoms with Crippen LogP contribution >= 0.6 is 22.9 Å². The van der Waals surface area contributed by atoms with Gasteiger partial charge in [-0.1, -0.05) is 38.4 Å². The van der Waals surface area contributed by atoms with Crippen molar-refractivity contribution in [1.82, 2.24) is 19.5 Å². The van der Waals surface area contributed by atoms with Gasteiger partial charge in [-0.25, -0.2) is 14.8 Å². The van der Waals surface area contributed by atoms with Crippen molar-refractivity contribution in [3.63, 3.8) is 0 Å². The minimum Gasteiger partial charge on any atom is -0.480 e. The molecule has 3 aromatic rings. The number of rotatable bonds is 5. The van der Waals surface area contributed by atoms with Gasteiger partial charge >= 0.3 is 5.69 Å². The van der Waals surface area contributed by atoms with Crippen LogP contribution in [0.2, 0.25) is 5.02 Å². The van der Waals surface area contributed by atoms with Crippen LogP contribution in [0.4, 0.5) is 5.95 Å². The number of aromatic nitrogens is 4. The summed E-state index contributed by atoms with van der Waals surface area (Å²) in [4.78, 5) is 29.6. The number of ether oxygens (including phenoxy) is 1. The predicted molar refractivity (Wildman–Crippen MR) is 130 cm³/mol. The molecule has 10 heteroatoms. The first-order valence-electron chi connectivity index (χ1n) is 10.5. The molecule has 1 unspecified atom stereocenters. The van der Waals surface area contributed by atoms with Crippen molar-refractivity contribution in [2.45, 2.75) is 38.8 Å². The summed E-state index contributed by atoms with van der Waals surface area (Å²) < 4.78 is 6.66. The molecule has 4 heterocycles. The third kappa shape index (κ3) is 5.10. The van der Waals surface area contributed by atoms with Crippen molar-refractivity contribution in [2.75, 3.05) is 25.1 Å². The largest absolute Gasteiger partial charge is 0.480 e. The third-order valence-corrected chi connectivity index (χ3v) is 7.13. The number of β-amino-alcohol motifs (C(OH)–C–C–N with tert-alkyl or cyclic N) is 1. The molecule has 0 spiro atoms. The van der Waals surface area contributed by atoms with Crippen molar-refractivity contribution in [1.29, 1.82) is 0 Å². The Bertz CT molecular complexity index is 1250. The number of halogens is 1. The number of thiophene rings is 1. The normalized spacial score (nSPS) is 16.6. The highest BCUT2D eigenvalue weighted by Crippen LogP contribution is 2.30. The Balaban J connectivity index is 1.50. The lowest BCUT2D eigenvalue weighted by atomic mass is 9.95. The summed E-state index contributed by atoms with van der Waals surface area (Å²) in [5.74, 6) is 0.589. The molecule has 1 N–H and O–H groups in total. The van der Waals surface area contributed by atoms with Crippen LogP contribution in [0, 0.1) is 0 Å². The van der Waals surface area contributed by atoms with Crippen molar-refractivity contribution in [3.8, 4) is 5.88 Å². The number of hydrogen-bond donors (Lipinski definition) is 1. The zero-order chi connectivity index (χ0) is 23.8. The Morgan fingerprint density at radius 2 is 2.03 bits per heavy atom. The first kappa shape index (κ1) is 23.4. The van der Waals surface area contributed by atoms with Crippen LogP contribution in [0.3, 0.4) is 0 Å². The van der Waals surface area contributed by atoms with E-state index in [2.05, 4.69) is 41.8 Å². The molecule has 0 saturated heterocycles. The van der Waals surface area contributed by atoms with Crippen LogP contribution < -0.4 is 15.3 Å². The maximum Gasteiger partial charge on any atom is 0.352 e. The minimum absolute atomic E-state index is 0.0718. The number of aliphatic hydroxyl groups is 1. The number of anilines is 1. The van der Waals surface area contributed by atoms with Gasteiger partial charge < -0.3 is 14.7 Å². The number of methoxy groups -OCH3 is 1. The Morgan fingerprint density at radius 1 is 1.24 bits per heavy atom. The van der Waals surface area contributed by atoms with E-state index >= 15 is 0 Å². The fourth-order valence-corrected chi connectivity index (χ4v) is 4.78. The maximum absolute atomic E-state index is 12.6. The summed E-state index contributed by atoms with van der Waals surface area (Å²) in [5.41, 5.74) is 0.953. The van der Waals surface area contributed by atoms with E-state index in [1.54, 1.807) is 28.4 Å². The highest BCUT2D eigenvalue weighted by Gasteiger charge is 2.25. The van der Waals surface area contributed by atoms with E-state index < -0.39 is 6.10 Å². The van der Waals surface area contributed by atoms with E-state index in [4.69, 9.17) is 16.3 Å². The van der Waals surface area contributed by atoms with E-state index in [9.17, 15) is 9.90 Å². The van der Waals surface area contributed by atoms with Crippen molar-refractivity contribution >= 4 is 34.5 Å². The van der Waals surface area contributed by atoms with E-state index in [-0.39, 0.29) is 23.6 Å². The minimum atomic E-state index is -0.829. The van der Waals surface area contributed by atoms with Crippen LogP contribution in [0.5, 0.6) is 5.88 Å². The van der Waals surface area contributed by atoms with E-state index in [1.165, 1.54) is 22.9 Å². The van der Waals surface area contributed by atoms with Crippen LogP contribution in [-0.4, -0.2) is 50.9 Å². The lowest BCUT2D eigenvalue weighted by Crippen LogP contribution is -2.40. The molecule has 0 saturated carbocycles. The quantitative estimate of drug-likeness (QED) is 0.589. The molecule has 33 heavy (non-hydrogen) atoms. The molecule has 0 amide bonds. The Hall–Kier alpha value is -2.75. The van der Waals surface area contributed by atoms with Gasteiger partial charge in [0.2, 0.25) is 11.8 Å². The fraction of sp³-hybridized carbons (Fsp3) is 0.391. The van der Waals surface area contributed by atoms with Crippen molar-refractivity contribution in [2.24, 2.45) is 0 Å².